The maximum atomic E-state index is 11.0. The molecule has 0 radical (unpaired) electrons. The SMILES string of the molecule is CCC(=O)NCC(C)(C)CCOC. The summed E-state index contributed by atoms with van der Waals surface area (Å²) in [6.45, 7) is 7.58. The molecule has 0 atom stereocenters. The number of hydrogen-bond acceptors (Lipinski definition) is 2. The zero-order valence-corrected chi connectivity index (χ0v) is 9.14. The predicted octanol–water partition coefficient (Wildman–Crippen LogP) is 1.58. The Labute approximate surface area is 80.8 Å². The lowest BCUT2D eigenvalue weighted by atomic mass is 9.90. The first-order chi connectivity index (χ1) is 6.02. The summed E-state index contributed by atoms with van der Waals surface area (Å²) in [5.41, 5.74) is 0.126. The fourth-order valence-corrected chi connectivity index (χ4v) is 0.930. The zero-order valence-electron chi connectivity index (χ0n) is 9.14. The van der Waals surface area contributed by atoms with Gasteiger partial charge in [-0.25, -0.2) is 0 Å². The number of carbonyl (C=O) groups is 1. The number of methoxy groups -OCH3 is 1. The molecule has 3 heteroatoms. The van der Waals surface area contributed by atoms with E-state index in [1.54, 1.807) is 7.11 Å². The number of hydrogen-bond donors (Lipinski definition) is 1. The highest BCUT2D eigenvalue weighted by Crippen LogP contribution is 2.18. The van der Waals surface area contributed by atoms with Crippen LogP contribution in [0.4, 0.5) is 0 Å². The summed E-state index contributed by atoms with van der Waals surface area (Å²) in [5, 5.41) is 2.89. The van der Waals surface area contributed by atoms with Gasteiger partial charge in [-0.3, -0.25) is 4.79 Å². The Bertz CT molecular complexity index is 155. The second kappa shape index (κ2) is 5.97. The summed E-state index contributed by atoms with van der Waals surface area (Å²) in [4.78, 5) is 11.0. The highest BCUT2D eigenvalue weighted by atomic mass is 16.5. The average molecular weight is 187 g/mol. The Kier molecular flexibility index (Phi) is 5.71. The predicted molar refractivity (Wildman–Crippen MR) is 53.6 cm³/mol. The van der Waals surface area contributed by atoms with Crippen LogP contribution in [0.5, 0.6) is 0 Å². The first-order valence-corrected chi connectivity index (χ1v) is 4.77. The van der Waals surface area contributed by atoms with Gasteiger partial charge in [0.1, 0.15) is 0 Å². The average Bonchev–Trinajstić information content (AvgIpc) is 2.11. The third-order valence-electron chi connectivity index (χ3n) is 2.07. The molecule has 13 heavy (non-hydrogen) atoms. The zero-order chi connectivity index (χ0) is 10.3. The van der Waals surface area contributed by atoms with Gasteiger partial charge in [-0.15, -0.1) is 0 Å². The third kappa shape index (κ3) is 6.58. The highest BCUT2D eigenvalue weighted by molar-refractivity contribution is 5.75. The van der Waals surface area contributed by atoms with Gasteiger partial charge in [-0.05, 0) is 11.8 Å². The smallest absolute Gasteiger partial charge is 0.219 e. The molecule has 0 bridgehead atoms. The van der Waals surface area contributed by atoms with Gasteiger partial charge in [-0.1, -0.05) is 20.8 Å². The lowest BCUT2D eigenvalue weighted by Crippen LogP contribution is -2.34. The van der Waals surface area contributed by atoms with Crippen LogP contribution in [0.3, 0.4) is 0 Å². The highest BCUT2D eigenvalue weighted by Gasteiger charge is 2.17. The van der Waals surface area contributed by atoms with E-state index in [1.165, 1.54) is 0 Å². The lowest BCUT2D eigenvalue weighted by Gasteiger charge is -2.24. The van der Waals surface area contributed by atoms with Crippen LogP contribution >= 0.6 is 0 Å². The number of carbonyl (C=O) groups excluding carboxylic acids is 1. The molecule has 0 aliphatic rings. The topological polar surface area (TPSA) is 38.3 Å². The van der Waals surface area contributed by atoms with Crippen LogP contribution in [0, 0.1) is 5.41 Å². The van der Waals surface area contributed by atoms with E-state index in [0.29, 0.717) is 6.42 Å². The molecule has 0 aromatic rings. The number of rotatable bonds is 6. The Morgan fingerprint density at radius 2 is 2.08 bits per heavy atom. The standard InChI is InChI=1S/C10H21NO2/c1-5-9(12)11-8-10(2,3)6-7-13-4/h5-8H2,1-4H3,(H,11,12). The molecule has 0 aromatic heterocycles. The van der Waals surface area contributed by atoms with E-state index in [1.807, 2.05) is 6.92 Å². The van der Waals surface area contributed by atoms with Gasteiger partial charge in [0.05, 0.1) is 0 Å². The summed E-state index contributed by atoms with van der Waals surface area (Å²) >= 11 is 0. The Hall–Kier alpha value is -0.570. The molecular formula is C10H21NO2. The van der Waals surface area contributed by atoms with Crippen molar-refractivity contribution in [2.75, 3.05) is 20.3 Å². The molecule has 0 saturated carbocycles. The molecule has 0 aromatic carbocycles. The van der Waals surface area contributed by atoms with Crippen molar-refractivity contribution in [1.82, 2.24) is 5.32 Å². The minimum atomic E-state index is 0.116. The second-order valence-corrected chi connectivity index (χ2v) is 4.04. The normalized spacial score (nSPS) is 11.4. The Balaban J connectivity index is 3.67. The van der Waals surface area contributed by atoms with Crippen molar-refractivity contribution in [2.45, 2.75) is 33.6 Å². The minimum Gasteiger partial charge on any atom is -0.385 e. The summed E-state index contributed by atoms with van der Waals surface area (Å²) in [6.07, 6.45) is 1.52. The quantitative estimate of drug-likeness (QED) is 0.685. The molecule has 3 nitrogen and oxygen atoms in total. The van der Waals surface area contributed by atoms with Crippen molar-refractivity contribution in [3.05, 3.63) is 0 Å². The molecule has 0 rings (SSSR count). The number of amides is 1. The molecule has 0 heterocycles. The monoisotopic (exact) mass is 187 g/mol. The van der Waals surface area contributed by atoms with Gasteiger partial charge in [0.2, 0.25) is 5.91 Å². The fourth-order valence-electron chi connectivity index (χ4n) is 0.930. The van der Waals surface area contributed by atoms with Crippen LogP contribution in [0.25, 0.3) is 0 Å². The van der Waals surface area contributed by atoms with Crippen LogP contribution in [-0.4, -0.2) is 26.2 Å². The molecule has 0 saturated heterocycles. The summed E-state index contributed by atoms with van der Waals surface area (Å²) in [7, 11) is 1.70. The summed E-state index contributed by atoms with van der Waals surface area (Å²) in [5.74, 6) is 0.116. The molecule has 0 fully saturated rings. The molecule has 0 spiro atoms. The van der Waals surface area contributed by atoms with Crippen LogP contribution in [0.15, 0.2) is 0 Å². The van der Waals surface area contributed by atoms with Gasteiger partial charge in [-0.2, -0.15) is 0 Å². The van der Waals surface area contributed by atoms with Gasteiger partial charge in [0.15, 0.2) is 0 Å². The van der Waals surface area contributed by atoms with Crippen molar-refractivity contribution >= 4 is 5.91 Å². The van der Waals surface area contributed by atoms with Crippen LogP contribution in [0.1, 0.15) is 33.6 Å². The molecule has 0 aliphatic carbocycles. The molecular weight excluding hydrogens is 166 g/mol. The number of ether oxygens (including phenoxy) is 1. The van der Waals surface area contributed by atoms with E-state index in [2.05, 4.69) is 19.2 Å². The Morgan fingerprint density at radius 3 is 2.54 bits per heavy atom. The maximum absolute atomic E-state index is 11.0. The van der Waals surface area contributed by atoms with Crippen LogP contribution < -0.4 is 5.32 Å². The van der Waals surface area contributed by atoms with Crippen LogP contribution in [-0.2, 0) is 9.53 Å². The molecule has 78 valence electrons. The largest absolute Gasteiger partial charge is 0.385 e. The molecule has 0 unspecified atom stereocenters. The van der Waals surface area contributed by atoms with Crippen molar-refractivity contribution < 1.29 is 9.53 Å². The van der Waals surface area contributed by atoms with E-state index in [0.717, 1.165) is 19.6 Å². The van der Waals surface area contributed by atoms with Crippen molar-refractivity contribution in [1.29, 1.82) is 0 Å². The van der Waals surface area contributed by atoms with Gasteiger partial charge >= 0.3 is 0 Å². The first kappa shape index (κ1) is 12.4. The van der Waals surface area contributed by atoms with Crippen molar-refractivity contribution in [3.63, 3.8) is 0 Å². The van der Waals surface area contributed by atoms with E-state index in [9.17, 15) is 4.79 Å². The van der Waals surface area contributed by atoms with Gasteiger partial charge in [0.25, 0.3) is 0 Å². The van der Waals surface area contributed by atoms with E-state index in [4.69, 9.17) is 4.74 Å². The van der Waals surface area contributed by atoms with Crippen LogP contribution in [0.2, 0.25) is 0 Å². The molecule has 0 aliphatic heterocycles. The van der Waals surface area contributed by atoms with E-state index in [-0.39, 0.29) is 11.3 Å². The lowest BCUT2D eigenvalue weighted by molar-refractivity contribution is -0.121. The van der Waals surface area contributed by atoms with Crippen molar-refractivity contribution in [3.8, 4) is 0 Å². The Morgan fingerprint density at radius 1 is 1.46 bits per heavy atom. The second-order valence-electron chi connectivity index (χ2n) is 4.04. The first-order valence-electron chi connectivity index (χ1n) is 4.77. The van der Waals surface area contributed by atoms with Crippen molar-refractivity contribution in [2.24, 2.45) is 5.41 Å². The molecule has 1 N–H and O–H groups in total. The van der Waals surface area contributed by atoms with Gasteiger partial charge < -0.3 is 10.1 Å². The fraction of sp³-hybridized carbons (Fsp3) is 0.900. The third-order valence-corrected chi connectivity index (χ3v) is 2.07. The van der Waals surface area contributed by atoms with Gasteiger partial charge in [0, 0.05) is 26.7 Å². The van der Waals surface area contributed by atoms with E-state index >= 15 is 0 Å². The molecule has 1 amide bonds. The summed E-state index contributed by atoms with van der Waals surface area (Å²) < 4.78 is 5.00. The summed E-state index contributed by atoms with van der Waals surface area (Å²) in [6, 6.07) is 0. The van der Waals surface area contributed by atoms with E-state index < -0.39 is 0 Å². The number of nitrogens with one attached hydrogen (secondary N) is 1. The maximum Gasteiger partial charge on any atom is 0.219 e. The minimum absolute atomic E-state index is 0.116.